The van der Waals surface area contributed by atoms with E-state index in [0.29, 0.717) is 0 Å². The lowest BCUT2D eigenvalue weighted by atomic mass is 9.98. The summed E-state index contributed by atoms with van der Waals surface area (Å²) in [5, 5.41) is 10.0. The van der Waals surface area contributed by atoms with Crippen LogP contribution in [0.25, 0.3) is 10.2 Å². The van der Waals surface area contributed by atoms with E-state index in [1.807, 2.05) is 6.92 Å². The number of benzene rings is 1. The summed E-state index contributed by atoms with van der Waals surface area (Å²) in [6.45, 7) is 4.08. The zero-order chi connectivity index (χ0) is 11.5. The Labute approximate surface area is 99.6 Å². The molecule has 1 unspecified atom stereocenters. The van der Waals surface area contributed by atoms with Gasteiger partial charge in [0, 0.05) is 0 Å². The molecule has 82 valence electrons. The topological polar surface area (TPSA) is 36.7 Å². The van der Waals surface area contributed by atoms with Crippen LogP contribution < -0.4 is 0 Å². The molecule has 0 spiro atoms. The molecule has 2 nitrogen and oxygen atoms in total. The molecule has 0 fully saturated rings. The van der Waals surface area contributed by atoms with E-state index in [1.54, 1.807) is 11.3 Å². The Hall–Kier alpha value is -1.40. The van der Waals surface area contributed by atoms with Crippen molar-refractivity contribution in [2.45, 2.75) is 26.7 Å². The van der Waals surface area contributed by atoms with Crippen LogP contribution >= 0.6 is 11.3 Å². The third-order valence-electron chi connectivity index (χ3n) is 2.72. The van der Waals surface area contributed by atoms with Crippen molar-refractivity contribution in [3.05, 3.63) is 28.8 Å². The van der Waals surface area contributed by atoms with Crippen LogP contribution in [-0.2, 0) is 6.42 Å². The van der Waals surface area contributed by atoms with Crippen LogP contribution in [0.4, 0.5) is 0 Å². The van der Waals surface area contributed by atoms with E-state index in [-0.39, 0.29) is 5.92 Å². The van der Waals surface area contributed by atoms with Crippen molar-refractivity contribution in [1.29, 1.82) is 5.26 Å². The van der Waals surface area contributed by atoms with Crippen LogP contribution in [0.15, 0.2) is 18.2 Å². The van der Waals surface area contributed by atoms with E-state index < -0.39 is 0 Å². The summed E-state index contributed by atoms with van der Waals surface area (Å²) in [7, 11) is 0. The fraction of sp³-hybridized carbons (Fsp3) is 0.385. The number of aromatic nitrogens is 1. The first-order valence-electron chi connectivity index (χ1n) is 5.48. The molecular formula is C13H14N2S. The minimum atomic E-state index is 0.122. The highest BCUT2D eigenvalue weighted by Crippen LogP contribution is 2.23. The molecule has 0 N–H and O–H groups in total. The number of rotatable bonds is 3. The summed E-state index contributed by atoms with van der Waals surface area (Å²) in [5.74, 6) is 0.122. The monoisotopic (exact) mass is 230 g/mol. The van der Waals surface area contributed by atoms with Crippen LogP contribution in [0.5, 0.6) is 0 Å². The van der Waals surface area contributed by atoms with E-state index in [0.717, 1.165) is 23.4 Å². The van der Waals surface area contributed by atoms with E-state index >= 15 is 0 Å². The highest BCUT2D eigenvalue weighted by molar-refractivity contribution is 7.18. The molecular weight excluding hydrogens is 216 g/mol. The maximum atomic E-state index is 8.94. The van der Waals surface area contributed by atoms with Gasteiger partial charge in [-0.2, -0.15) is 5.26 Å². The largest absolute Gasteiger partial charge is 0.242 e. The molecule has 0 aliphatic carbocycles. The SMILES string of the molecule is CCC(C#N)Cc1ccc2sc(C)nc2c1. The smallest absolute Gasteiger partial charge is 0.0907 e. The molecule has 0 saturated carbocycles. The third-order valence-corrected chi connectivity index (χ3v) is 3.67. The Kier molecular flexibility index (Phi) is 3.21. The van der Waals surface area contributed by atoms with Crippen molar-refractivity contribution in [2.75, 3.05) is 0 Å². The first-order chi connectivity index (χ1) is 7.72. The van der Waals surface area contributed by atoms with Gasteiger partial charge in [-0.25, -0.2) is 4.98 Å². The fourth-order valence-electron chi connectivity index (χ4n) is 1.78. The molecule has 1 heterocycles. The highest BCUT2D eigenvalue weighted by Gasteiger charge is 2.07. The molecule has 1 aromatic heterocycles. The van der Waals surface area contributed by atoms with Gasteiger partial charge in [0.1, 0.15) is 0 Å². The number of nitrogens with zero attached hydrogens (tertiary/aromatic N) is 2. The quantitative estimate of drug-likeness (QED) is 0.806. The second-order valence-electron chi connectivity index (χ2n) is 3.97. The first-order valence-corrected chi connectivity index (χ1v) is 6.30. The second-order valence-corrected chi connectivity index (χ2v) is 5.21. The van der Waals surface area contributed by atoms with Gasteiger partial charge in [0.25, 0.3) is 0 Å². The van der Waals surface area contributed by atoms with Gasteiger partial charge in [-0.3, -0.25) is 0 Å². The zero-order valence-electron chi connectivity index (χ0n) is 9.53. The normalized spacial score (nSPS) is 12.6. The molecule has 1 atom stereocenters. The molecule has 2 aromatic rings. The number of thiazole rings is 1. The van der Waals surface area contributed by atoms with Gasteiger partial charge in [0.05, 0.1) is 27.2 Å². The van der Waals surface area contributed by atoms with Crippen molar-refractivity contribution in [3.63, 3.8) is 0 Å². The Morgan fingerprint density at radius 2 is 2.31 bits per heavy atom. The lowest BCUT2D eigenvalue weighted by molar-refractivity contribution is 0.638. The minimum Gasteiger partial charge on any atom is -0.242 e. The van der Waals surface area contributed by atoms with Crippen molar-refractivity contribution in [3.8, 4) is 6.07 Å². The van der Waals surface area contributed by atoms with Crippen LogP contribution in [0, 0.1) is 24.2 Å². The fourth-order valence-corrected chi connectivity index (χ4v) is 2.59. The highest BCUT2D eigenvalue weighted by atomic mass is 32.1. The van der Waals surface area contributed by atoms with E-state index in [2.05, 4.69) is 36.2 Å². The first kappa shape index (κ1) is 11.1. The predicted molar refractivity (Wildman–Crippen MR) is 67.5 cm³/mol. The van der Waals surface area contributed by atoms with Crippen molar-refractivity contribution >= 4 is 21.6 Å². The maximum absolute atomic E-state index is 8.94. The van der Waals surface area contributed by atoms with E-state index in [4.69, 9.17) is 5.26 Å². The van der Waals surface area contributed by atoms with Crippen LogP contribution in [0.2, 0.25) is 0 Å². The minimum absolute atomic E-state index is 0.122. The lowest BCUT2D eigenvalue weighted by Crippen LogP contribution is -1.99. The Bertz CT molecular complexity index is 536. The Balaban J connectivity index is 2.29. The Morgan fingerprint density at radius 3 is 3.00 bits per heavy atom. The van der Waals surface area contributed by atoms with Gasteiger partial charge < -0.3 is 0 Å². The number of hydrogen-bond donors (Lipinski definition) is 0. The van der Waals surface area contributed by atoms with E-state index in [9.17, 15) is 0 Å². The number of fused-ring (bicyclic) bond motifs is 1. The van der Waals surface area contributed by atoms with Gasteiger partial charge in [-0.05, 0) is 37.5 Å². The third kappa shape index (κ3) is 2.23. The average Bonchev–Trinajstić information content (AvgIpc) is 2.65. The van der Waals surface area contributed by atoms with E-state index in [1.165, 1.54) is 10.3 Å². The summed E-state index contributed by atoms with van der Waals surface area (Å²) in [4.78, 5) is 4.47. The molecule has 2 rings (SSSR count). The van der Waals surface area contributed by atoms with Gasteiger partial charge in [-0.15, -0.1) is 11.3 Å². The maximum Gasteiger partial charge on any atom is 0.0907 e. The molecule has 16 heavy (non-hydrogen) atoms. The summed E-state index contributed by atoms with van der Waals surface area (Å²) in [6.07, 6.45) is 1.74. The molecule has 0 aliphatic heterocycles. The van der Waals surface area contributed by atoms with Crippen LogP contribution in [-0.4, -0.2) is 4.98 Å². The molecule has 1 aromatic carbocycles. The average molecular weight is 230 g/mol. The van der Waals surface area contributed by atoms with Gasteiger partial charge >= 0.3 is 0 Å². The van der Waals surface area contributed by atoms with Gasteiger partial charge in [0.15, 0.2) is 0 Å². The summed E-state index contributed by atoms with van der Waals surface area (Å²) < 4.78 is 1.23. The van der Waals surface area contributed by atoms with Crippen molar-refractivity contribution in [1.82, 2.24) is 4.98 Å². The van der Waals surface area contributed by atoms with Crippen molar-refractivity contribution in [2.24, 2.45) is 5.92 Å². The molecule has 0 saturated heterocycles. The van der Waals surface area contributed by atoms with Crippen LogP contribution in [0.3, 0.4) is 0 Å². The molecule has 3 heteroatoms. The number of nitriles is 1. The zero-order valence-corrected chi connectivity index (χ0v) is 10.3. The Morgan fingerprint density at radius 1 is 1.50 bits per heavy atom. The van der Waals surface area contributed by atoms with Crippen LogP contribution in [0.1, 0.15) is 23.9 Å². The lowest BCUT2D eigenvalue weighted by Gasteiger charge is -2.05. The summed E-state index contributed by atoms with van der Waals surface area (Å²) in [6, 6.07) is 8.67. The number of aryl methyl sites for hydroxylation is 1. The molecule has 0 radical (unpaired) electrons. The summed E-state index contributed by atoms with van der Waals surface area (Å²) in [5.41, 5.74) is 2.28. The van der Waals surface area contributed by atoms with Gasteiger partial charge in [-0.1, -0.05) is 13.0 Å². The number of hydrogen-bond acceptors (Lipinski definition) is 3. The van der Waals surface area contributed by atoms with Gasteiger partial charge in [0.2, 0.25) is 0 Å². The standard InChI is InChI=1S/C13H14N2S/c1-3-10(8-14)6-11-4-5-13-12(7-11)15-9(2)16-13/h4-5,7,10H,3,6H2,1-2H3. The predicted octanol–water partition coefficient (Wildman–Crippen LogP) is 3.70. The molecule has 0 aliphatic rings. The molecule has 0 bridgehead atoms. The second kappa shape index (κ2) is 4.63. The van der Waals surface area contributed by atoms with Crippen molar-refractivity contribution < 1.29 is 0 Å². The summed E-state index contributed by atoms with van der Waals surface area (Å²) >= 11 is 1.72. The molecule has 0 amide bonds.